The van der Waals surface area contributed by atoms with E-state index in [2.05, 4.69) is 16.7 Å². The van der Waals surface area contributed by atoms with Gasteiger partial charge in [0.1, 0.15) is 6.04 Å². The van der Waals surface area contributed by atoms with E-state index in [1.54, 1.807) is 42.5 Å². The van der Waals surface area contributed by atoms with Crippen LogP contribution in [0.3, 0.4) is 0 Å². The van der Waals surface area contributed by atoms with Crippen LogP contribution in [0.2, 0.25) is 10.0 Å². The van der Waals surface area contributed by atoms with E-state index in [-0.39, 0.29) is 27.9 Å². The molecule has 2 aromatic carbocycles. The lowest BCUT2D eigenvalue weighted by atomic mass is 9.66. The molecule has 2 unspecified atom stereocenters. The number of carboxylic acids is 1. The van der Waals surface area contributed by atoms with Crippen molar-refractivity contribution >= 4 is 46.7 Å². The molecular weight excluding hydrogens is 489 g/mol. The highest BCUT2D eigenvalue weighted by molar-refractivity contribution is 6.40. The number of nitrogens with zero attached hydrogens (tertiary/aromatic N) is 1. The maximum atomic E-state index is 13.0. The number of benzene rings is 2. The third kappa shape index (κ3) is 5.44. The molecule has 3 atom stereocenters. The first kappa shape index (κ1) is 26.5. The number of rotatable bonds is 7. The van der Waals surface area contributed by atoms with Crippen LogP contribution < -0.4 is 10.6 Å². The van der Waals surface area contributed by atoms with E-state index in [1.807, 2.05) is 20.8 Å². The molecule has 3 N–H and O–H groups in total. The highest BCUT2D eigenvalue weighted by Crippen LogP contribution is 2.55. The van der Waals surface area contributed by atoms with Gasteiger partial charge in [-0.2, -0.15) is 5.26 Å². The Morgan fingerprint density at radius 2 is 1.71 bits per heavy atom. The monoisotopic (exact) mass is 515 g/mol. The van der Waals surface area contributed by atoms with Crippen LogP contribution in [0.4, 0.5) is 5.69 Å². The first-order chi connectivity index (χ1) is 16.4. The molecule has 7 nitrogen and oxygen atoms in total. The summed E-state index contributed by atoms with van der Waals surface area (Å²) < 4.78 is 0. The van der Waals surface area contributed by atoms with E-state index in [0.29, 0.717) is 24.1 Å². The quantitative estimate of drug-likeness (QED) is 0.460. The Bertz CT molecular complexity index is 1170. The van der Waals surface area contributed by atoms with Crippen molar-refractivity contribution in [1.29, 1.82) is 5.26 Å². The van der Waals surface area contributed by atoms with E-state index >= 15 is 0 Å². The van der Waals surface area contributed by atoms with Crippen LogP contribution in [-0.2, 0) is 16.0 Å². The van der Waals surface area contributed by atoms with E-state index in [9.17, 15) is 24.8 Å². The first-order valence-corrected chi connectivity index (χ1v) is 11.9. The van der Waals surface area contributed by atoms with Crippen molar-refractivity contribution in [1.82, 2.24) is 5.32 Å². The topological polar surface area (TPSA) is 119 Å². The van der Waals surface area contributed by atoms with Gasteiger partial charge in [-0.15, -0.1) is 0 Å². The van der Waals surface area contributed by atoms with E-state index in [4.69, 9.17) is 23.2 Å². The summed E-state index contributed by atoms with van der Waals surface area (Å²) in [6, 6.07) is 12.6. The Hall–Kier alpha value is -3.08. The average Bonchev–Trinajstić information content (AvgIpc) is 3.03. The second-order valence-corrected chi connectivity index (χ2v) is 10.4. The van der Waals surface area contributed by atoms with Crippen LogP contribution >= 0.6 is 23.2 Å². The highest BCUT2D eigenvalue weighted by Gasteiger charge is 2.54. The smallest absolute Gasteiger partial charge is 0.326 e. The Morgan fingerprint density at radius 1 is 1.11 bits per heavy atom. The van der Waals surface area contributed by atoms with Gasteiger partial charge in [-0.1, -0.05) is 55.2 Å². The van der Waals surface area contributed by atoms with Gasteiger partial charge in [-0.3, -0.25) is 9.59 Å². The van der Waals surface area contributed by atoms with Crippen LogP contribution in [0.1, 0.15) is 49.5 Å². The molecule has 0 aliphatic heterocycles. The van der Waals surface area contributed by atoms with Gasteiger partial charge in [0.15, 0.2) is 0 Å². The normalized spacial score (nSPS) is 21.5. The third-order valence-corrected chi connectivity index (χ3v) is 7.88. The van der Waals surface area contributed by atoms with Gasteiger partial charge in [-0.25, -0.2) is 4.79 Å². The molecule has 0 aromatic heterocycles. The Labute approximate surface area is 214 Å². The van der Waals surface area contributed by atoms with Crippen molar-refractivity contribution in [2.75, 3.05) is 5.32 Å². The van der Waals surface area contributed by atoms with Crippen LogP contribution in [0, 0.1) is 28.1 Å². The maximum Gasteiger partial charge on any atom is 0.326 e. The molecule has 0 heterocycles. The highest BCUT2D eigenvalue weighted by atomic mass is 35.5. The molecule has 0 spiro atoms. The van der Waals surface area contributed by atoms with Crippen molar-refractivity contribution in [3.05, 3.63) is 63.6 Å². The molecule has 0 saturated heterocycles. The molecule has 1 aliphatic rings. The minimum absolute atomic E-state index is 0.0638. The Balaban J connectivity index is 1.67. The molecule has 3 rings (SSSR count). The number of carbonyl (C=O) groups excluding carboxylic acids is 2. The molecule has 1 fully saturated rings. The lowest BCUT2D eigenvalue weighted by molar-refractivity contribution is -0.143. The number of aliphatic carboxylic acids is 1. The van der Waals surface area contributed by atoms with Gasteiger partial charge in [0.2, 0.25) is 5.91 Å². The standard InChI is InChI=1S/C26H27Cl2N3O4/c1-25(2)17(11-12-26(25,3)14-29)22(32)31-20(24(34)35)13-15-7-9-16(10-8-15)30-23(33)21-18(27)5-4-6-19(21)28/h4-10,17,20H,11-13H2,1-3H3,(H,30,33)(H,31,32)(H,34,35)/t17?,20-,26?/m0/s1. The molecule has 0 radical (unpaired) electrons. The zero-order valence-corrected chi connectivity index (χ0v) is 21.2. The van der Waals surface area contributed by atoms with E-state index in [0.717, 1.165) is 0 Å². The van der Waals surface area contributed by atoms with Crippen molar-refractivity contribution in [2.24, 2.45) is 16.7 Å². The molecule has 1 saturated carbocycles. The predicted molar refractivity (Wildman–Crippen MR) is 134 cm³/mol. The molecule has 0 bridgehead atoms. The molecule has 35 heavy (non-hydrogen) atoms. The fourth-order valence-corrected chi connectivity index (χ4v) is 5.07. The van der Waals surface area contributed by atoms with Crippen LogP contribution in [0.5, 0.6) is 0 Å². The second-order valence-electron chi connectivity index (χ2n) is 9.61. The number of nitriles is 1. The lowest BCUT2D eigenvalue weighted by Gasteiger charge is -2.36. The summed E-state index contributed by atoms with van der Waals surface area (Å²) in [5.41, 5.74) is 0.0747. The number of hydrogen-bond donors (Lipinski definition) is 3. The molecule has 2 amide bonds. The van der Waals surface area contributed by atoms with Gasteiger partial charge in [0.05, 0.1) is 27.1 Å². The SMILES string of the molecule is CC1(C#N)CCC(C(=O)N[C@@H](Cc2ccc(NC(=O)c3c(Cl)cccc3Cl)cc2)C(=O)O)C1(C)C. The molecular formula is C26H27Cl2N3O4. The maximum absolute atomic E-state index is 13.0. The number of nitrogens with one attached hydrogen (secondary N) is 2. The fraction of sp³-hybridized carbons (Fsp3) is 0.385. The second kappa shape index (κ2) is 10.3. The van der Waals surface area contributed by atoms with Crippen molar-refractivity contribution in [3.63, 3.8) is 0 Å². The number of anilines is 1. The largest absolute Gasteiger partial charge is 0.480 e. The molecule has 2 aromatic rings. The van der Waals surface area contributed by atoms with Crippen molar-refractivity contribution in [2.45, 2.75) is 46.1 Å². The molecule has 184 valence electrons. The van der Waals surface area contributed by atoms with E-state index < -0.39 is 34.7 Å². The lowest BCUT2D eigenvalue weighted by Crippen LogP contribution is -2.48. The van der Waals surface area contributed by atoms with Gasteiger partial charge in [0, 0.05) is 18.0 Å². The van der Waals surface area contributed by atoms with Crippen LogP contribution in [0.15, 0.2) is 42.5 Å². The summed E-state index contributed by atoms with van der Waals surface area (Å²) in [6.45, 7) is 5.60. The van der Waals surface area contributed by atoms with Crippen molar-refractivity contribution < 1.29 is 19.5 Å². The predicted octanol–water partition coefficient (Wildman–Crippen LogP) is 5.32. The molecule has 9 heteroatoms. The van der Waals surface area contributed by atoms with Crippen molar-refractivity contribution in [3.8, 4) is 6.07 Å². The number of carboxylic acid groups (broad SMARTS) is 1. The zero-order valence-electron chi connectivity index (χ0n) is 19.7. The van der Waals surface area contributed by atoms with Gasteiger partial charge >= 0.3 is 5.97 Å². The first-order valence-electron chi connectivity index (χ1n) is 11.2. The van der Waals surface area contributed by atoms with E-state index in [1.165, 1.54) is 0 Å². The van der Waals surface area contributed by atoms with Crippen LogP contribution in [0.25, 0.3) is 0 Å². The zero-order chi connectivity index (χ0) is 26.0. The number of amides is 2. The third-order valence-electron chi connectivity index (χ3n) is 7.25. The Kier molecular flexibility index (Phi) is 7.78. The summed E-state index contributed by atoms with van der Waals surface area (Å²) in [6.07, 6.45) is 1.17. The number of carbonyl (C=O) groups is 3. The minimum Gasteiger partial charge on any atom is -0.480 e. The summed E-state index contributed by atoms with van der Waals surface area (Å²) in [4.78, 5) is 37.4. The van der Waals surface area contributed by atoms with Gasteiger partial charge in [-0.05, 0) is 55.0 Å². The Morgan fingerprint density at radius 3 is 2.23 bits per heavy atom. The summed E-state index contributed by atoms with van der Waals surface area (Å²) in [5, 5.41) is 25.1. The van der Waals surface area contributed by atoms with Gasteiger partial charge < -0.3 is 15.7 Å². The summed E-state index contributed by atoms with van der Waals surface area (Å²) >= 11 is 12.2. The number of halogens is 2. The number of hydrogen-bond acceptors (Lipinski definition) is 4. The summed E-state index contributed by atoms with van der Waals surface area (Å²) in [5.74, 6) is -2.43. The minimum atomic E-state index is -1.15. The average molecular weight is 516 g/mol. The summed E-state index contributed by atoms with van der Waals surface area (Å²) in [7, 11) is 0. The van der Waals surface area contributed by atoms with Gasteiger partial charge in [0.25, 0.3) is 5.91 Å². The molecule has 1 aliphatic carbocycles. The fourth-order valence-electron chi connectivity index (χ4n) is 4.50. The van der Waals surface area contributed by atoms with Crippen LogP contribution in [-0.4, -0.2) is 28.9 Å².